The molecule has 0 aliphatic heterocycles. The van der Waals surface area contributed by atoms with Crippen LogP contribution in [-0.4, -0.2) is 14.2 Å². The molecule has 77 valence electrons. The lowest BCUT2D eigenvalue weighted by atomic mass is 9.98. The van der Waals surface area contributed by atoms with Gasteiger partial charge in [-0.25, -0.2) is 5.11 Å². The van der Waals surface area contributed by atoms with Gasteiger partial charge in [0, 0.05) is 0 Å². The lowest BCUT2D eigenvalue weighted by Gasteiger charge is -2.16. The maximum absolute atomic E-state index is 11.7. The predicted molar refractivity (Wildman–Crippen MR) is 53.3 cm³/mol. The van der Waals surface area contributed by atoms with Gasteiger partial charge in [-0.2, -0.15) is 0 Å². The third kappa shape index (κ3) is 2.17. The van der Waals surface area contributed by atoms with Crippen LogP contribution in [0.25, 0.3) is 0 Å². The molecule has 0 aliphatic carbocycles. The van der Waals surface area contributed by atoms with Gasteiger partial charge in [-0.3, -0.25) is 0 Å². The molecule has 0 aliphatic rings. The zero-order valence-corrected chi connectivity index (χ0v) is 8.96. The monoisotopic (exact) mass is 195 g/mol. The first kappa shape index (κ1) is 10.9. The summed E-state index contributed by atoms with van der Waals surface area (Å²) in [5, 5.41) is 11.7. The van der Waals surface area contributed by atoms with E-state index < -0.39 is 5.60 Å². The van der Waals surface area contributed by atoms with E-state index in [-0.39, 0.29) is 0 Å². The molecule has 0 heterocycles. The molecule has 0 saturated heterocycles. The van der Waals surface area contributed by atoms with Gasteiger partial charge in [-0.05, 0) is 31.5 Å². The predicted octanol–water partition coefficient (Wildman–Crippen LogP) is 2.37. The van der Waals surface area contributed by atoms with Crippen molar-refractivity contribution in [1.29, 1.82) is 0 Å². The molecule has 3 heteroatoms. The molecule has 1 rings (SSSR count). The summed E-state index contributed by atoms with van der Waals surface area (Å²) < 4.78 is 10.2. The highest BCUT2D eigenvalue weighted by Crippen LogP contribution is 2.31. The van der Waals surface area contributed by atoms with Crippen molar-refractivity contribution >= 4 is 0 Å². The van der Waals surface area contributed by atoms with Gasteiger partial charge in [0.2, 0.25) is 0 Å². The Morgan fingerprint density at radius 3 is 2.07 bits per heavy atom. The Hall–Kier alpha value is -1.22. The van der Waals surface area contributed by atoms with Crippen LogP contribution in [0.1, 0.15) is 19.4 Å². The highest BCUT2D eigenvalue weighted by Gasteiger charge is 2.20. The second-order valence-corrected chi connectivity index (χ2v) is 3.58. The summed E-state index contributed by atoms with van der Waals surface area (Å²) in [6.07, 6.45) is 0. The lowest BCUT2D eigenvalue weighted by Crippen LogP contribution is -2.13. The average molecular weight is 195 g/mol. The first-order valence-electron chi connectivity index (χ1n) is 4.42. The zero-order chi connectivity index (χ0) is 10.8. The van der Waals surface area contributed by atoms with Gasteiger partial charge in [0.25, 0.3) is 0 Å². The van der Waals surface area contributed by atoms with Gasteiger partial charge in [-0.15, -0.1) is 0 Å². The minimum atomic E-state index is -1.11. The van der Waals surface area contributed by atoms with E-state index in [1.54, 1.807) is 46.3 Å². The summed E-state index contributed by atoms with van der Waals surface area (Å²) in [5.41, 5.74) is -0.422. The van der Waals surface area contributed by atoms with Crippen LogP contribution in [0.2, 0.25) is 0 Å². The van der Waals surface area contributed by atoms with E-state index >= 15 is 0 Å². The van der Waals surface area contributed by atoms with Crippen molar-refractivity contribution in [2.45, 2.75) is 19.4 Å². The second kappa shape index (κ2) is 3.88. The van der Waals surface area contributed by atoms with E-state index in [9.17, 15) is 5.11 Å². The molecule has 0 bridgehead atoms. The SMILES string of the molecule is COc1ccc(C(C)(C)[O])cc1OC. The van der Waals surface area contributed by atoms with Crippen molar-refractivity contribution in [2.24, 2.45) is 0 Å². The largest absolute Gasteiger partial charge is 0.493 e. The highest BCUT2D eigenvalue weighted by atomic mass is 16.5. The number of rotatable bonds is 3. The summed E-state index contributed by atoms with van der Waals surface area (Å²) in [6, 6.07) is 5.22. The average Bonchev–Trinajstić information content (AvgIpc) is 2.15. The summed E-state index contributed by atoms with van der Waals surface area (Å²) in [6.45, 7) is 3.24. The maximum Gasteiger partial charge on any atom is 0.161 e. The van der Waals surface area contributed by atoms with Crippen molar-refractivity contribution in [2.75, 3.05) is 14.2 Å². The van der Waals surface area contributed by atoms with Crippen LogP contribution < -0.4 is 9.47 Å². The normalized spacial score (nSPS) is 11.2. The number of benzene rings is 1. The summed E-state index contributed by atoms with van der Waals surface area (Å²) >= 11 is 0. The minimum Gasteiger partial charge on any atom is -0.493 e. The molecular weight excluding hydrogens is 180 g/mol. The van der Waals surface area contributed by atoms with Crippen LogP contribution in [0.5, 0.6) is 11.5 Å². The van der Waals surface area contributed by atoms with E-state index in [0.29, 0.717) is 17.1 Å². The molecule has 14 heavy (non-hydrogen) atoms. The molecule has 0 spiro atoms. The lowest BCUT2D eigenvalue weighted by molar-refractivity contribution is -0.000299. The van der Waals surface area contributed by atoms with Crippen LogP contribution >= 0.6 is 0 Å². The molecule has 0 N–H and O–H groups in total. The molecule has 0 saturated carbocycles. The first-order chi connectivity index (χ1) is 6.49. The number of ether oxygens (including phenoxy) is 2. The number of hydrogen-bond acceptors (Lipinski definition) is 2. The van der Waals surface area contributed by atoms with Crippen LogP contribution in [0.3, 0.4) is 0 Å². The Balaban J connectivity index is 3.14. The van der Waals surface area contributed by atoms with Gasteiger partial charge in [0.1, 0.15) is 5.60 Å². The van der Waals surface area contributed by atoms with Crippen LogP contribution in [0, 0.1) is 0 Å². The maximum atomic E-state index is 11.7. The van der Waals surface area contributed by atoms with E-state index in [4.69, 9.17) is 9.47 Å². The van der Waals surface area contributed by atoms with Crippen molar-refractivity contribution in [1.82, 2.24) is 0 Å². The molecule has 3 nitrogen and oxygen atoms in total. The third-order valence-corrected chi connectivity index (χ3v) is 2.08. The molecule has 0 atom stereocenters. The molecule has 1 aromatic rings. The number of hydrogen-bond donors (Lipinski definition) is 0. The van der Waals surface area contributed by atoms with Crippen LogP contribution in [0.4, 0.5) is 0 Å². The minimum absolute atomic E-state index is 0.592. The topological polar surface area (TPSA) is 38.4 Å². The van der Waals surface area contributed by atoms with Crippen molar-refractivity contribution < 1.29 is 14.6 Å². The summed E-state index contributed by atoms with van der Waals surface area (Å²) in [5.74, 6) is 1.23. The van der Waals surface area contributed by atoms with E-state index in [1.807, 2.05) is 0 Å². The molecule has 0 aromatic heterocycles. The smallest absolute Gasteiger partial charge is 0.161 e. The fourth-order valence-electron chi connectivity index (χ4n) is 1.21. The highest BCUT2D eigenvalue weighted by molar-refractivity contribution is 5.44. The number of methoxy groups -OCH3 is 2. The van der Waals surface area contributed by atoms with E-state index in [1.165, 1.54) is 0 Å². The summed E-state index contributed by atoms with van der Waals surface area (Å²) in [7, 11) is 3.12. The Kier molecular flexibility index (Phi) is 3.01. The Bertz CT molecular complexity index is 313. The van der Waals surface area contributed by atoms with Gasteiger partial charge in [0.15, 0.2) is 11.5 Å². The Morgan fingerprint density at radius 1 is 1.07 bits per heavy atom. The van der Waals surface area contributed by atoms with E-state index in [2.05, 4.69) is 0 Å². The Labute approximate surface area is 84.3 Å². The van der Waals surface area contributed by atoms with Crippen molar-refractivity contribution in [3.63, 3.8) is 0 Å². The first-order valence-corrected chi connectivity index (χ1v) is 4.42. The molecule has 1 radical (unpaired) electrons. The third-order valence-electron chi connectivity index (χ3n) is 2.08. The van der Waals surface area contributed by atoms with Crippen molar-refractivity contribution in [3.05, 3.63) is 23.8 Å². The molecule has 1 aromatic carbocycles. The van der Waals surface area contributed by atoms with Crippen LogP contribution in [0.15, 0.2) is 18.2 Å². The van der Waals surface area contributed by atoms with Gasteiger partial charge < -0.3 is 9.47 Å². The standard InChI is InChI=1S/C11H15O3/c1-11(2,12)8-5-6-9(13-3)10(7-8)14-4/h5-7H,1-4H3. The molecular formula is C11H15O3. The second-order valence-electron chi connectivity index (χ2n) is 3.58. The van der Waals surface area contributed by atoms with Gasteiger partial charge in [-0.1, -0.05) is 6.07 Å². The fourth-order valence-corrected chi connectivity index (χ4v) is 1.21. The Morgan fingerprint density at radius 2 is 1.64 bits per heavy atom. The molecule has 0 amide bonds. The van der Waals surface area contributed by atoms with Crippen molar-refractivity contribution in [3.8, 4) is 11.5 Å². The fraction of sp³-hybridized carbons (Fsp3) is 0.455. The van der Waals surface area contributed by atoms with Gasteiger partial charge in [0.05, 0.1) is 14.2 Å². The van der Waals surface area contributed by atoms with Crippen LogP contribution in [-0.2, 0) is 10.7 Å². The molecule has 0 unspecified atom stereocenters. The van der Waals surface area contributed by atoms with Gasteiger partial charge >= 0.3 is 0 Å². The van der Waals surface area contributed by atoms with E-state index in [0.717, 1.165) is 0 Å². The quantitative estimate of drug-likeness (QED) is 0.742. The molecule has 0 fully saturated rings. The summed E-state index contributed by atoms with van der Waals surface area (Å²) in [4.78, 5) is 0. The zero-order valence-electron chi connectivity index (χ0n) is 8.96.